The quantitative estimate of drug-likeness (QED) is 0.530. The van der Waals surface area contributed by atoms with Crippen molar-refractivity contribution in [3.63, 3.8) is 0 Å². The van der Waals surface area contributed by atoms with Gasteiger partial charge in [-0.15, -0.1) is 0 Å². The first-order valence-electron chi connectivity index (χ1n) is 9.58. The lowest BCUT2D eigenvalue weighted by molar-refractivity contribution is 0.0939. The largest absolute Gasteiger partial charge is 0.345 e. The fraction of sp³-hybridized carbons (Fsp3) is 0.125. The molecule has 0 aliphatic carbocycles. The van der Waals surface area contributed by atoms with Crippen LogP contribution in [-0.4, -0.2) is 16.9 Å². The zero-order valence-electron chi connectivity index (χ0n) is 16.8. The van der Waals surface area contributed by atoms with Crippen LogP contribution in [0.2, 0.25) is 0 Å². The third-order valence-corrected chi connectivity index (χ3v) is 4.81. The lowest BCUT2D eigenvalue weighted by Crippen LogP contribution is -2.35. The molecule has 3 rings (SSSR count). The molecule has 0 aromatic heterocycles. The Balaban J connectivity index is 1.67. The molecular formula is C24H23N3O2S. The van der Waals surface area contributed by atoms with Gasteiger partial charge in [0.15, 0.2) is 5.11 Å². The Bertz CT molecular complexity index is 1050. The molecule has 6 heteroatoms. The number of carbonyl (C=O) groups is 2. The van der Waals surface area contributed by atoms with Crippen LogP contribution in [0.25, 0.3) is 0 Å². The topological polar surface area (TPSA) is 70.2 Å². The number of benzene rings is 3. The van der Waals surface area contributed by atoms with E-state index in [1.165, 1.54) is 0 Å². The van der Waals surface area contributed by atoms with Crippen LogP contribution < -0.4 is 16.0 Å². The molecule has 0 spiro atoms. The lowest BCUT2D eigenvalue weighted by atomic mass is 10.1. The maximum absolute atomic E-state index is 12.8. The number of para-hydroxylation sites is 1. The summed E-state index contributed by atoms with van der Waals surface area (Å²) in [6, 6.07) is 23.8. The van der Waals surface area contributed by atoms with E-state index < -0.39 is 0 Å². The van der Waals surface area contributed by atoms with Gasteiger partial charge in [-0.05, 0) is 55.9 Å². The average molecular weight is 418 g/mol. The number of thiocarbonyl (C=S) groups is 1. The van der Waals surface area contributed by atoms with Crippen molar-refractivity contribution in [2.24, 2.45) is 0 Å². The van der Waals surface area contributed by atoms with Crippen LogP contribution in [0.1, 0.15) is 44.8 Å². The van der Waals surface area contributed by atoms with Crippen LogP contribution in [0.4, 0.5) is 5.69 Å². The molecule has 2 amide bonds. The van der Waals surface area contributed by atoms with Gasteiger partial charge in [-0.3, -0.25) is 14.9 Å². The van der Waals surface area contributed by atoms with Gasteiger partial charge in [0, 0.05) is 5.56 Å². The molecule has 0 saturated heterocycles. The summed E-state index contributed by atoms with van der Waals surface area (Å²) in [5.74, 6) is -0.547. The number of anilines is 1. The molecular weight excluding hydrogens is 394 g/mol. The summed E-state index contributed by atoms with van der Waals surface area (Å²) >= 11 is 5.27. The number of aryl methyl sites for hydroxylation is 1. The second-order valence-electron chi connectivity index (χ2n) is 6.93. The van der Waals surface area contributed by atoms with Crippen LogP contribution >= 0.6 is 12.2 Å². The SMILES string of the molecule is Cc1ccc(C(=O)NC(=S)Nc2ccccc2C(=O)NC(C)c2ccccc2)cc1. The van der Waals surface area contributed by atoms with Gasteiger partial charge in [-0.25, -0.2) is 0 Å². The van der Waals surface area contributed by atoms with Crippen LogP contribution in [0.15, 0.2) is 78.9 Å². The summed E-state index contributed by atoms with van der Waals surface area (Å²) in [5.41, 5.74) is 3.54. The molecule has 0 fully saturated rings. The lowest BCUT2D eigenvalue weighted by Gasteiger charge is -2.17. The Morgan fingerprint density at radius 3 is 2.17 bits per heavy atom. The summed E-state index contributed by atoms with van der Waals surface area (Å²) in [7, 11) is 0. The van der Waals surface area contributed by atoms with Crippen molar-refractivity contribution in [3.8, 4) is 0 Å². The predicted molar refractivity (Wildman–Crippen MR) is 124 cm³/mol. The van der Waals surface area contributed by atoms with Gasteiger partial charge in [-0.2, -0.15) is 0 Å². The van der Waals surface area contributed by atoms with Gasteiger partial charge in [0.25, 0.3) is 11.8 Å². The molecule has 0 radical (unpaired) electrons. The molecule has 0 bridgehead atoms. The van der Waals surface area contributed by atoms with Crippen molar-refractivity contribution in [1.82, 2.24) is 10.6 Å². The number of hydrogen-bond donors (Lipinski definition) is 3. The predicted octanol–water partition coefficient (Wildman–Crippen LogP) is 4.61. The van der Waals surface area contributed by atoms with Crippen LogP contribution in [0.5, 0.6) is 0 Å². The number of amides is 2. The van der Waals surface area contributed by atoms with E-state index in [9.17, 15) is 9.59 Å². The number of rotatable bonds is 5. The molecule has 0 saturated carbocycles. The van der Waals surface area contributed by atoms with Gasteiger partial charge < -0.3 is 10.6 Å². The molecule has 152 valence electrons. The maximum atomic E-state index is 12.8. The fourth-order valence-electron chi connectivity index (χ4n) is 2.92. The summed E-state index contributed by atoms with van der Waals surface area (Å²) in [5, 5.41) is 8.71. The zero-order valence-corrected chi connectivity index (χ0v) is 17.6. The van der Waals surface area contributed by atoms with E-state index in [4.69, 9.17) is 12.2 Å². The van der Waals surface area contributed by atoms with Gasteiger partial charge in [0.2, 0.25) is 0 Å². The summed E-state index contributed by atoms with van der Waals surface area (Å²) in [4.78, 5) is 25.2. The molecule has 3 N–H and O–H groups in total. The fourth-order valence-corrected chi connectivity index (χ4v) is 3.13. The van der Waals surface area contributed by atoms with E-state index in [-0.39, 0.29) is 23.0 Å². The van der Waals surface area contributed by atoms with Crippen molar-refractivity contribution < 1.29 is 9.59 Å². The van der Waals surface area contributed by atoms with Crippen molar-refractivity contribution in [2.75, 3.05) is 5.32 Å². The summed E-state index contributed by atoms with van der Waals surface area (Å²) < 4.78 is 0. The molecule has 5 nitrogen and oxygen atoms in total. The first-order valence-corrected chi connectivity index (χ1v) is 9.98. The Morgan fingerprint density at radius 1 is 0.833 bits per heavy atom. The number of nitrogens with one attached hydrogen (secondary N) is 3. The van der Waals surface area contributed by atoms with Gasteiger partial charge in [-0.1, -0.05) is 60.2 Å². The minimum atomic E-state index is -0.313. The van der Waals surface area contributed by atoms with Crippen LogP contribution in [-0.2, 0) is 0 Å². The molecule has 1 unspecified atom stereocenters. The number of carbonyl (C=O) groups excluding carboxylic acids is 2. The minimum Gasteiger partial charge on any atom is -0.345 e. The maximum Gasteiger partial charge on any atom is 0.257 e. The minimum absolute atomic E-state index is 0.122. The number of hydrogen-bond acceptors (Lipinski definition) is 3. The normalized spacial score (nSPS) is 11.3. The Hall–Kier alpha value is -3.51. The third-order valence-electron chi connectivity index (χ3n) is 4.61. The average Bonchev–Trinajstić information content (AvgIpc) is 2.75. The van der Waals surface area contributed by atoms with Crippen molar-refractivity contribution in [3.05, 3.63) is 101 Å². The van der Waals surface area contributed by atoms with Gasteiger partial charge >= 0.3 is 0 Å². The Morgan fingerprint density at radius 2 is 1.47 bits per heavy atom. The van der Waals surface area contributed by atoms with Crippen molar-refractivity contribution in [2.45, 2.75) is 19.9 Å². The third kappa shape index (κ3) is 5.52. The summed E-state index contributed by atoms with van der Waals surface area (Å²) in [6.45, 7) is 3.88. The highest BCUT2D eigenvalue weighted by atomic mass is 32.1. The Labute approximate surface area is 181 Å². The van der Waals surface area contributed by atoms with Crippen molar-refractivity contribution in [1.29, 1.82) is 0 Å². The van der Waals surface area contributed by atoms with E-state index in [0.29, 0.717) is 16.8 Å². The second-order valence-corrected chi connectivity index (χ2v) is 7.33. The smallest absolute Gasteiger partial charge is 0.257 e. The van der Waals surface area contributed by atoms with E-state index in [0.717, 1.165) is 11.1 Å². The standard InChI is InChI=1S/C24H23N3O2S/c1-16-12-14-19(15-13-16)22(28)27-24(30)26-21-11-7-6-10-20(21)23(29)25-17(2)18-8-4-3-5-9-18/h3-15,17H,1-2H3,(H,25,29)(H2,26,27,28,30). The molecule has 3 aromatic rings. The first kappa shape index (κ1) is 21.2. The Kier molecular flexibility index (Phi) is 6.93. The summed E-state index contributed by atoms with van der Waals surface area (Å²) in [6.07, 6.45) is 0. The highest BCUT2D eigenvalue weighted by Gasteiger charge is 2.16. The highest BCUT2D eigenvalue weighted by molar-refractivity contribution is 7.80. The van der Waals surface area contributed by atoms with E-state index >= 15 is 0 Å². The zero-order chi connectivity index (χ0) is 21.5. The first-order chi connectivity index (χ1) is 14.4. The van der Waals surface area contributed by atoms with Gasteiger partial charge in [0.1, 0.15) is 0 Å². The van der Waals surface area contributed by atoms with Crippen molar-refractivity contribution >= 4 is 34.8 Å². The van der Waals surface area contributed by atoms with E-state index in [1.54, 1.807) is 36.4 Å². The van der Waals surface area contributed by atoms with Gasteiger partial charge in [0.05, 0.1) is 17.3 Å². The second kappa shape index (κ2) is 9.80. The molecule has 30 heavy (non-hydrogen) atoms. The van der Waals surface area contributed by atoms with Crippen LogP contribution in [0, 0.1) is 6.92 Å². The molecule has 3 aromatic carbocycles. The van der Waals surface area contributed by atoms with E-state index in [1.807, 2.05) is 56.3 Å². The van der Waals surface area contributed by atoms with Crippen LogP contribution in [0.3, 0.4) is 0 Å². The monoisotopic (exact) mass is 417 g/mol. The highest BCUT2D eigenvalue weighted by Crippen LogP contribution is 2.18. The van der Waals surface area contributed by atoms with E-state index in [2.05, 4.69) is 16.0 Å². The molecule has 0 aliphatic heterocycles. The molecule has 1 atom stereocenters. The molecule has 0 aliphatic rings. The molecule has 0 heterocycles.